The number of nitrogens with zero attached hydrogens (tertiary/aromatic N) is 3. The van der Waals surface area contributed by atoms with E-state index in [1.807, 2.05) is 36.5 Å². The molecule has 0 bridgehead atoms. The Balaban J connectivity index is 1.30. The highest BCUT2D eigenvalue weighted by Gasteiger charge is 2.25. The summed E-state index contributed by atoms with van der Waals surface area (Å²) in [6.07, 6.45) is 7.42. The fourth-order valence-corrected chi connectivity index (χ4v) is 5.13. The van der Waals surface area contributed by atoms with Crippen molar-refractivity contribution in [3.05, 3.63) is 93.9 Å². The van der Waals surface area contributed by atoms with Crippen molar-refractivity contribution in [1.29, 1.82) is 0 Å². The molecule has 196 valence electrons. The summed E-state index contributed by atoms with van der Waals surface area (Å²) in [6, 6.07) is 18.3. The van der Waals surface area contributed by atoms with Crippen LogP contribution < -0.4 is 0 Å². The van der Waals surface area contributed by atoms with E-state index in [0.717, 1.165) is 47.7 Å². The van der Waals surface area contributed by atoms with Crippen LogP contribution in [0.4, 0.5) is 8.78 Å². The molecule has 9 heteroatoms. The normalized spacial score (nSPS) is 17.7. The minimum atomic E-state index is -2.44. The van der Waals surface area contributed by atoms with Crippen molar-refractivity contribution in [2.45, 2.75) is 23.5 Å². The number of rotatable bonds is 8. The summed E-state index contributed by atoms with van der Waals surface area (Å²) >= 11 is 6.58. The minimum Gasteiger partial charge on any atom is -0.455 e. The maximum Gasteiger partial charge on any atom is 0.288 e. The van der Waals surface area contributed by atoms with Gasteiger partial charge in [-0.05, 0) is 72.0 Å². The van der Waals surface area contributed by atoms with Crippen LogP contribution in [0.3, 0.4) is 0 Å². The molecule has 1 saturated heterocycles. The number of thioether (sulfide) groups is 1. The predicted molar refractivity (Wildman–Crippen MR) is 150 cm³/mol. The van der Waals surface area contributed by atoms with E-state index in [4.69, 9.17) is 20.8 Å². The Bertz CT molecular complexity index is 1360. The van der Waals surface area contributed by atoms with Crippen molar-refractivity contribution in [3.63, 3.8) is 0 Å². The molecule has 5 nitrogen and oxygen atoms in total. The summed E-state index contributed by atoms with van der Waals surface area (Å²) in [7, 11) is 0. The van der Waals surface area contributed by atoms with Crippen LogP contribution >= 0.6 is 23.4 Å². The molecule has 0 N–H and O–H groups in total. The van der Waals surface area contributed by atoms with Crippen molar-refractivity contribution in [3.8, 4) is 11.3 Å². The van der Waals surface area contributed by atoms with Crippen LogP contribution in [-0.4, -0.2) is 49.4 Å². The molecule has 2 aromatic carbocycles. The Labute approximate surface area is 229 Å². The van der Waals surface area contributed by atoms with Gasteiger partial charge in [-0.1, -0.05) is 47.6 Å². The second kappa shape index (κ2) is 12.6. The van der Waals surface area contributed by atoms with E-state index in [2.05, 4.69) is 21.2 Å². The molecular formula is C29H26ClF2N3O2S. The van der Waals surface area contributed by atoms with Crippen LogP contribution in [0.2, 0.25) is 5.02 Å². The van der Waals surface area contributed by atoms with Gasteiger partial charge in [0.1, 0.15) is 11.5 Å². The molecule has 0 radical (unpaired) electrons. The van der Waals surface area contributed by atoms with E-state index in [9.17, 15) is 8.78 Å². The highest BCUT2D eigenvalue weighted by molar-refractivity contribution is 7.99. The lowest BCUT2D eigenvalue weighted by Gasteiger charge is -2.31. The fourth-order valence-electron chi connectivity index (χ4n) is 4.50. The number of morpholine rings is 1. The van der Waals surface area contributed by atoms with Crippen LogP contribution in [0.1, 0.15) is 24.2 Å². The quantitative estimate of drug-likeness (QED) is 0.162. The van der Waals surface area contributed by atoms with E-state index in [1.165, 1.54) is 11.3 Å². The highest BCUT2D eigenvalue weighted by Crippen LogP contribution is 2.35. The van der Waals surface area contributed by atoms with Crippen molar-refractivity contribution in [1.82, 2.24) is 4.90 Å². The molecule has 1 aliphatic carbocycles. The van der Waals surface area contributed by atoms with E-state index >= 15 is 0 Å². The first kappa shape index (κ1) is 26.4. The van der Waals surface area contributed by atoms with Crippen LogP contribution in [0.5, 0.6) is 0 Å². The third kappa shape index (κ3) is 6.81. The van der Waals surface area contributed by atoms with E-state index in [-0.39, 0.29) is 0 Å². The van der Waals surface area contributed by atoms with Gasteiger partial charge in [0.25, 0.3) is 5.76 Å². The Morgan fingerprint density at radius 3 is 2.37 bits per heavy atom. The van der Waals surface area contributed by atoms with Gasteiger partial charge in [0.05, 0.1) is 25.6 Å². The first-order chi connectivity index (χ1) is 18.5. The average molecular weight is 554 g/mol. The third-order valence-corrected chi connectivity index (χ3v) is 7.24. The predicted octanol–water partition coefficient (Wildman–Crippen LogP) is 7.78. The van der Waals surface area contributed by atoms with Crippen molar-refractivity contribution >= 4 is 41.9 Å². The second-order valence-electron chi connectivity index (χ2n) is 8.79. The number of allylic oxidation sites excluding steroid dienone is 2. The standard InChI is InChI=1S/C29H26ClF2N3O2S/c30-24-7-1-20(2-8-24)17-22-3-4-23(28(22)35-13-15-36-16-14-35)18-33-34-19-25-9-12-27(37-25)21-5-10-26(11-6-21)38-29(31)32/h1-2,5-12,17-19,29H,3-4,13-16H2/b22-17+,33-18-,34-19-. The summed E-state index contributed by atoms with van der Waals surface area (Å²) in [5, 5.41) is 9.25. The molecular weight excluding hydrogens is 528 g/mol. The van der Waals surface area contributed by atoms with Gasteiger partial charge in [-0.3, -0.25) is 0 Å². The van der Waals surface area contributed by atoms with Crippen LogP contribution in [0.25, 0.3) is 17.4 Å². The van der Waals surface area contributed by atoms with Gasteiger partial charge in [-0.25, -0.2) is 0 Å². The zero-order chi connectivity index (χ0) is 26.3. The molecule has 2 aliphatic rings. The maximum absolute atomic E-state index is 12.5. The summed E-state index contributed by atoms with van der Waals surface area (Å²) in [4.78, 5) is 2.88. The molecule has 38 heavy (non-hydrogen) atoms. The van der Waals surface area contributed by atoms with Gasteiger partial charge in [0, 0.05) is 34.3 Å². The first-order valence-electron chi connectivity index (χ1n) is 12.3. The van der Waals surface area contributed by atoms with Crippen molar-refractivity contribution in [2.75, 3.05) is 26.3 Å². The molecule has 5 rings (SSSR count). The third-order valence-electron chi connectivity index (χ3n) is 6.27. The molecule has 0 unspecified atom stereocenters. The Hall–Kier alpha value is -3.20. The van der Waals surface area contributed by atoms with Gasteiger partial charge < -0.3 is 14.1 Å². The number of hydrogen-bond donors (Lipinski definition) is 0. The highest BCUT2D eigenvalue weighted by atomic mass is 35.5. The molecule has 0 atom stereocenters. The fraction of sp³-hybridized carbons (Fsp3) is 0.241. The molecule has 2 heterocycles. The molecule has 3 aromatic rings. The van der Waals surface area contributed by atoms with E-state index in [1.54, 1.807) is 36.5 Å². The Morgan fingerprint density at radius 1 is 0.895 bits per heavy atom. The lowest BCUT2D eigenvalue weighted by Crippen LogP contribution is -2.36. The topological polar surface area (TPSA) is 50.3 Å². The zero-order valence-corrected chi connectivity index (χ0v) is 22.1. The molecule has 1 aromatic heterocycles. The Kier molecular flexibility index (Phi) is 8.73. The van der Waals surface area contributed by atoms with Gasteiger partial charge in [0.15, 0.2) is 0 Å². The van der Waals surface area contributed by atoms with Gasteiger partial charge in [-0.15, -0.1) is 0 Å². The average Bonchev–Trinajstić information content (AvgIpc) is 3.56. The molecule has 0 spiro atoms. The van der Waals surface area contributed by atoms with E-state index in [0.29, 0.717) is 41.4 Å². The number of hydrogen-bond acceptors (Lipinski definition) is 6. The second-order valence-corrected chi connectivity index (χ2v) is 10.3. The molecule has 1 aliphatic heterocycles. The van der Waals surface area contributed by atoms with Crippen molar-refractivity contribution in [2.24, 2.45) is 10.2 Å². The number of halogens is 3. The van der Waals surface area contributed by atoms with Gasteiger partial charge >= 0.3 is 0 Å². The summed E-state index contributed by atoms with van der Waals surface area (Å²) in [5.41, 5.74) is 5.54. The molecule has 0 amide bonds. The van der Waals surface area contributed by atoms with Crippen molar-refractivity contribution < 1.29 is 17.9 Å². The SMILES string of the molecule is FC(F)Sc1ccc(-c2ccc(/C=N\N=C/C3=C(N4CCOCC4)C(=C/c4ccc(Cl)cc4)/CC3)o2)cc1. The summed E-state index contributed by atoms with van der Waals surface area (Å²) < 4.78 is 36.5. The lowest BCUT2D eigenvalue weighted by atomic mass is 10.1. The smallest absolute Gasteiger partial charge is 0.288 e. The zero-order valence-electron chi connectivity index (χ0n) is 20.5. The monoisotopic (exact) mass is 553 g/mol. The summed E-state index contributed by atoms with van der Waals surface area (Å²) in [5.74, 6) is -1.25. The van der Waals surface area contributed by atoms with Gasteiger partial charge in [0.2, 0.25) is 0 Å². The van der Waals surface area contributed by atoms with Crippen LogP contribution in [-0.2, 0) is 4.74 Å². The molecule has 0 saturated carbocycles. The molecule has 1 fully saturated rings. The number of benzene rings is 2. The number of alkyl halides is 2. The minimum absolute atomic E-state index is 0.510. The first-order valence-corrected chi connectivity index (χ1v) is 13.5. The van der Waals surface area contributed by atoms with E-state index < -0.39 is 5.76 Å². The Morgan fingerprint density at radius 2 is 1.63 bits per heavy atom. The maximum atomic E-state index is 12.5. The van der Waals surface area contributed by atoms with Crippen LogP contribution in [0.15, 0.2) is 97.0 Å². The van der Waals surface area contributed by atoms with Crippen LogP contribution in [0, 0.1) is 0 Å². The number of furan rings is 1. The van der Waals surface area contributed by atoms with Gasteiger partial charge in [-0.2, -0.15) is 19.0 Å². The summed E-state index contributed by atoms with van der Waals surface area (Å²) in [6.45, 7) is 3.08. The number of ether oxygens (including phenoxy) is 1. The largest absolute Gasteiger partial charge is 0.455 e. The lowest BCUT2D eigenvalue weighted by molar-refractivity contribution is 0.0548.